The lowest BCUT2D eigenvalue weighted by molar-refractivity contribution is -0.0749. The molecule has 84 valence electrons. The van der Waals surface area contributed by atoms with E-state index in [1.54, 1.807) is 0 Å². The molecule has 0 aliphatic carbocycles. The van der Waals surface area contributed by atoms with Crippen LogP contribution in [0.4, 0.5) is 0 Å². The summed E-state index contributed by atoms with van der Waals surface area (Å²) in [5.41, 5.74) is 1.18. The molecule has 2 heterocycles. The van der Waals surface area contributed by atoms with Crippen LogP contribution >= 0.6 is 0 Å². The second-order valence-electron chi connectivity index (χ2n) is 4.02. The van der Waals surface area contributed by atoms with Gasteiger partial charge in [-0.15, -0.1) is 0 Å². The lowest BCUT2D eigenvalue weighted by atomic mass is 10.1. The van der Waals surface area contributed by atoms with E-state index < -0.39 is 0 Å². The lowest BCUT2D eigenvalue weighted by Gasteiger charge is -2.22. The smallest absolute Gasteiger partial charge is 0.177 e. The van der Waals surface area contributed by atoms with Gasteiger partial charge in [0.15, 0.2) is 6.29 Å². The minimum atomic E-state index is -0.151. The van der Waals surface area contributed by atoms with Crippen molar-refractivity contribution in [1.82, 2.24) is 0 Å². The van der Waals surface area contributed by atoms with E-state index in [1.807, 2.05) is 30.4 Å². The van der Waals surface area contributed by atoms with Crippen LogP contribution in [-0.4, -0.2) is 25.1 Å². The van der Waals surface area contributed by atoms with E-state index in [2.05, 4.69) is 12.1 Å². The fourth-order valence-electron chi connectivity index (χ4n) is 1.97. The molecule has 2 aliphatic heterocycles. The van der Waals surface area contributed by atoms with Gasteiger partial charge < -0.3 is 14.2 Å². The van der Waals surface area contributed by atoms with Gasteiger partial charge in [0.2, 0.25) is 0 Å². The number of ether oxygens (including phenoxy) is 3. The second-order valence-corrected chi connectivity index (χ2v) is 4.02. The van der Waals surface area contributed by atoms with Crippen LogP contribution < -0.4 is 0 Å². The highest BCUT2D eigenvalue weighted by atomic mass is 16.7. The van der Waals surface area contributed by atoms with E-state index >= 15 is 0 Å². The number of rotatable bonds is 3. The monoisotopic (exact) mass is 218 g/mol. The Morgan fingerprint density at radius 3 is 2.94 bits per heavy atom. The molecule has 0 N–H and O–H groups in total. The Bertz CT molecular complexity index is 374. The third-order valence-corrected chi connectivity index (χ3v) is 2.84. The Balaban J connectivity index is 1.60. The quantitative estimate of drug-likeness (QED) is 0.725. The van der Waals surface area contributed by atoms with Gasteiger partial charge in [-0.3, -0.25) is 0 Å². The van der Waals surface area contributed by atoms with Gasteiger partial charge in [0, 0.05) is 0 Å². The Morgan fingerprint density at radius 2 is 2.06 bits per heavy atom. The van der Waals surface area contributed by atoms with Gasteiger partial charge in [-0.2, -0.15) is 0 Å². The molecule has 3 atom stereocenters. The standard InChI is InChI=1S/C13H14O3/c1-2-4-10(5-3-1)8-14-11-6-7-13-15-9-12(11)16-13/h1-7,11-13H,8-9H2/t11-,12?,13+/m1/s1. The lowest BCUT2D eigenvalue weighted by Crippen LogP contribution is -2.32. The average Bonchev–Trinajstić information content (AvgIpc) is 2.72. The van der Waals surface area contributed by atoms with Crippen molar-refractivity contribution < 1.29 is 14.2 Å². The van der Waals surface area contributed by atoms with Gasteiger partial charge in [0.1, 0.15) is 12.2 Å². The van der Waals surface area contributed by atoms with Crippen LogP contribution in [-0.2, 0) is 20.8 Å². The Labute approximate surface area is 94.6 Å². The van der Waals surface area contributed by atoms with E-state index in [9.17, 15) is 0 Å². The van der Waals surface area contributed by atoms with Gasteiger partial charge in [-0.05, 0) is 11.6 Å². The van der Waals surface area contributed by atoms with Gasteiger partial charge in [0.05, 0.1) is 13.2 Å². The summed E-state index contributed by atoms with van der Waals surface area (Å²) in [6.45, 7) is 1.23. The molecule has 1 unspecified atom stereocenters. The predicted molar refractivity (Wildman–Crippen MR) is 58.8 cm³/mol. The molecule has 3 heteroatoms. The molecular formula is C13H14O3. The van der Waals surface area contributed by atoms with Crippen LogP contribution in [0.25, 0.3) is 0 Å². The molecule has 0 saturated carbocycles. The molecular weight excluding hydrogens is 204 g/mol. The first-order valence-electron chi connectivity index (χ1n) is 5.53. The largest absolute Gasteiger partial charge is 0.367 e. The van der Waals surface area contributed by atoms with Crippen LogP contribution in [0.2, 0.25) is 0 Å². The highest BCUT2D eigenvalue weighted by molar-refractivity contribution is 5.14. The van der Waals surface area contributed by atoms with Crippen molar-refractivity contribution in [2.45, 2.75) is 25.1 Å². The maximum absolute atomic E-state index is 5.81. The van der Waals surface area contributed by atoms with Crippen molar-refractivity contribution in [1.29, 1.82) is 0 Å². The first-order chi connectivity index (χ1) is 7.92. The van der Waals surface area contributed by atoms with Crippen molar-refractivity contribution in [3.8, 4) is 0 Å². The molecule has 1 aromatic carbocycles. The molecule has 0 aromatic heterocycles. The first kappa shape index (κ1) is 10.0. The summed E-state index contributed by atoms with van der Waals surface area (Å²) in [7, 11) is 0. The summed E-state index contributed by atoms with van der Waals surface area (Å²) in [6, 6.07) is 10.1. The molecule has 16 heavy (non-hydrogen) atoms. The Hall–Kier alpha value is -1.16. The van der Waals surface area contributed by atoms with Crippen LogP contribution in [0, 0.1) is 0 Å². The SMILES string of the molecule is C1=C[C@@H](OCc2ccccc2)C2CO[C@H]1O2. The van der Waals surface area contributed by atoms with Crippen molar-refractivity contribution in [2.24, 2.45) is 0 Å². The second kappa shape index (κ2) is 4.37. The van der Waals surface area contributed by atoms with Gasteiger partial charge in [0.25, 0.3) is 0 Å². The van der Waals surface area contributed by atoms with E-state index in [-0.39, 0.29) is 18.5 Å². The predicted octanol–water partition coefficient (Wildman–Crippen LogP) is 1.88. The molecule has 0 spiro atoms. The highest BCUT2D eigenvalue weighted by Crippen LogP contribution is 2.24. The zero-order valence-corrected chi connectivity index (χ0v) is 8.91. The van der Waals surface area contributed by atoms with Crippen LogP contribution in [0.5, 0.6) is 0 Å². The molecule has 0 radical (unpaired) electrons. The highest BCUT2D eigenvalue weighted by Gasteiger charge is 2.34. The van der Waals surface area contributed by atoms with Crippen molar-refractivity contribution in [3.63, 3.8) is 0 Å². The maximum atomic E-state index is 5.81. The summed E-state index contributed by atoms with van der Waals surface area (Å²) in [6.07, 6.45) is 3.87. The van der Waals surface area contributed by atoms with E-state index in [4.69, 9.17) is 14.2 Å². The molecule has 1 aromatic rings. The number of fused-ring (bicyclic) bond motifs is 2. The molecule has 3 rings (SSSR count). The Kier molecular flexibility index (Phi) is 2.74. The Morgan fingerprint density at radius 1 is 1.19 bits per heavy atom. The molecule has 1 fully saturated rings. The third-order valence-electron chi connectivity index (χ3n) is 2.84. The van der Waals surface area contributed by atoms with E-state index in [0.717, 1.165) is 0 Å². The summed E-state index contributed by atoms with van der Waals surface area (Å²) in [5.74, 6) is 0. The summed E-state index contributed by atoms with van der Waals surface area (Å²) in [4.78, 5) is 0. The van der Waals surface area contributed by atoms with Crippen LogP contribution in [0.3, 0.4) is 0 Å². The fraction of sp³-hybridized carbons (Fsp3) is 0.385. The molecule has 0 amide bonds. The van der Waals surface area contributed by atoms with Crippen molar-refractivity contribution >= 4 is 0 Å². The molecule has 1 saturated heterocycles. The van der Waals surface area contributed by atoms with Crippen LogP contribution in [0.15, 0.2) is 42.5 Å². The van der Waals surface area contributed by atoms with Crippen LogP contribution in [0.1, 0.15) is 5.56 Å². The van der Waals surface area contributed by atoms with Gasteiger partial charge in [-0.1, -0.05) is 36.4 Å². The maximum Gasteiger partial charge on any atom is 0.177 e. The third kappa shape index (κ3) is 2.02. The van der Waals surface area contributed by atoms with Crippen molar-refractivity contribution in [3.05, 3.63) is 48.0 Å². The normalized spacial score (nSPS) is 31.9. The first-order valence-corrected chi connectivity index (χ1v) is 5.53. The number of hydrogen-bond acceptors (Lipinski definition) is 3. The minimum Gasteiger partial charge on any atom is -0.367 e. The summed E-state index contributed by atoms with van der Waals surface area (Å²) < 4.78 is 16.7. The van der Waals surface area contributed by atoms with Gasteiger partial charge >= 0.3 is 0 Å². The van der Waals surface area contributed by atoms with Crippen molar-refractivity contribution in [2.75, 3.05) is 6.61 Å². The van der Waals surface area contributed by atoms with E-state index in [1.165, 1.54) is 5.56 Å². The van der Waals surface area contributed by atoms with Gasteiger partial charge in [-0.25, -0.2) is 0 Å². The molecule has 3 nitrogen and oxygen atoms in total. The number of hydrogen-bond donors (Lipinski definition) is 0. The fourth-order valence-corrected chi connectivity index (χ4v) is 1.97. The molecule has 2 bridgehead atoms. The summed E-state index contributed by atoms with van der Waals surface area (Å²) in [5, 5.41) is 0. The molecule has 2 aliphatic rings. The zero-order valence-electron chi connectivity index (χ0n) is 8.91. The minimum absolute atomic E-state index is 0.0129. The zero-order chi connectivity index (χ0) is 10.8. The summed E-state index contributed by atoms with van der Waals surface area (Å²) >= 11 is 0. The topological polar surface area (TPSA) is 27.7 Å². The number of benzene rings is 1. The average molecular weight is 218 g/mol. The van der Waals surface area contributed by atoms with E-state index in [0.29, 0.717) is 13.2 Å².